The van der Waals surface area contributed by atoms with Crippen molar-refractivity contribution in [1.82, 2.24) is 5.32 Å². The lowest BCUT2D eigenvalue weighted by atomic mass is 9.96. The molecule has 0 aliphatic carbocycles. The molecule has 2 aromatic carbocycles. The zero-order chi connectivity index (χ0) is 17.7. The number of benzene rings is 2. The van der Waals surface area contributed by atoms with Crippen LogP contribution in [0.3, 0.4) is 0 Å². The third-order valence-electron chi connectivity index (χ3n) is 3.64. The van der Waals surface area contributed by atoms with Gasteiger partial charge in [-0.2, -0.15) is 0 Å². The van der Waals surface area contributed by atoms with Crippen LogP contribution in [0.4, 0.5) is 5.69 Å². The Hall–Kier alpha value is -2.37. The van der Waals surface area contributed by atoms with E-state index in [0.717, 1.165) is 5.56 Å². The summed E-state index contributed by atoms with van der Waals surface area (Å²) in [7, 11) is 0. The molecular formula is C18H19ClN2O3. The highest BCUT2D eigenvalue weighted by molar-refractivity contribution is 6.41. The molecule has 0 aliphatic rings. The first-order valence-electron chi connectivity index (χ1n) is 7.43. The maximum atomic E-state index is 12.0. The molecule has 1 unspecified atom stereocenters. The quantitative estimate of drug-likeness (QED) is 0.745. The highest BCUT2D eigenvalue weighted by atomic mass is 35.5. The molecule has 0 aromatic heterocycles. The lowest BCUT2D eigenvalue weighted by molar-refractivity contribution is -0.136. The molecule has 0 heterocycles. The summed E-state index contributed by atoms with van der Waals surface area (Å²) in [6.07, 6.45) is 0. The Kier molecular flexibility index (Phi) is 5.59. The predicted octanol–water partition coefficient (Wildman–Crippen LogP) is 2.61. The second-order valence-corrected chi connectivity index (χ2v) is 6.09. The van der Waals surface area contributed by atoms with Crippen LogP contribution in [0.2, 0.25) is 5.02 Å². The third kappa shape index (κ3) is 4.34. The van der Waals surface area contributed by atoms with E-state index in [0.29, 0.717) is 16.3 Å². The molecule has 0 saturated carbocycles. The van der Waals surface area contributed by atoms with Crippen molar-refractivity contribution < 1.29 is 14.7 Å². The van der Waals surface area contributed by atoms with Gasteiger partial charge < -0.3 is 15.7 Å². The van der Waals surface area contributed by atoms with Gasteiger partial charge in [-0.15, -0.1) is 0 Å². The summed E-state index contributed by atoms with van der Waals surface area (Å²) in [5.74, 6) is -1.69. The molecule has 5 nitrogen and oxygen atoms in total. The summed E-state index contributed by atoms with van der Waals surface area (Å²) in [6, 6.07) is 14.1. The average molecular weight is 347 g/mol. The number of carbonyl (C=O) groups excluding carboxylic acids is 2. The maximum Gasteiger partial charge on any atom is 0.313 e. The van der Waals surface area contributed by atoms with Crippen molar-refractivity contribution in [3.63, 3.8) is 0 Å². The molecule has 1 atom stereocenters. The minimum absolute atomic E-state index is 0.0924. The summed E-state index contributed by atoms with van der Waals surface area (Å²) in [4.78, 5) is 23.9. The van der Waals surface area contributed by atoms with Crippen LogP contribution in [0, 0.1) is 6.92 Å². The Morgan fingerprint density at radius 3 is 2.42 bits per heavy atom. The SMILES string of the molecule is Cc1cccc(NC(=O)C(=O)NCC(C)(O)c2ccccc2)c1Cl. The highest BCUT2D eigenvalue weighted by Gasteiger charge is 2.25. The number of aliphatic hydroxyl groups is 1. The van der Waals surface area contributed by atoms with Crippen molar-refractivity contribution >= 4 is 29.1 Å². The van der Waals surface area contributed by atoms with Crippen LogP contribution >= 0.6 is 11.6 Å². The van der Waals surface area contributed by atoms with E-state index in [2.05, 4.69) is 10.6 Å². The van der Waals surface area contributed by atoms with Crippen molar-refractivity contribution in [2.45, 2.75) is 19.4 Å². The van der Waals surface area contributed by atoms with Crippen LogP contribution in [-0.2, 0) is 15.2 Å². The lowest BCUT2D eigenvalue weighted by Crippen LogP contribution is -2.43. The van der Waals surface area contributed by atoms with E-state index < -0.39 is 17.4 Å². The van der Waals surface area contributed by atoms with Crippen molar-refractivity contribution in [3.05, 3.63) is 64.7 Å². The summed E-state index contributed by atoms with van der Waals surface area (Å²) >= 11 is 6.09. The summed E-state index contributed by atoms with van der Waals surface area (Å²) in [5, 5.41) is 15.7. The molecular weight excluding hydrogens is 328 g/mol. The fourth-order valence-electron chi connectivity index (χ4n) is 2.15. The van der Waals surface area contributed by atoms with E-state index in [9.17, 15) is 14.7 Å². The van der Waals surface area contributed by atoms with Crippen LogP contribution in [0.5, 0.6) is 0 Å². The first-order valence-corrected chi connectivity index (χ1v) is 7.81. The van der Waals surface area contributed by atoms with Crippen molar-refractivity contribution in [3.8, 4) is 0 Å². The third-order valence-corrected chi connectivity index (χ3v) is 4.14. The molecule has 0 radical (unpaired) electrons. The zero-order valence-corrected chi connectivity index (χ0v) is 14.2. The van der Waals surface area contributed by atoms with Gasteiger partial charge in [0.2, 0.25) is 0 Å². The minimum atomic E-state index is -1.28. The van der Waals surface area contributed by atoms with Crippen LogP contribution in [0.1, 0.15) is 18.1 Å². The van der Waals surface area contributed by atoms with Gasteiger partial charge in [0.15, 0.2) is 0 Å². The van der Waals surface area contributed by atoms with Crippen molar-refractivity contribution in [1.29, 1.82) is 0 Å². The molecule has 24 heavy (non-hydrogen) atoms. The number of anilines is 1. The fraction of sp³-hybridized carbons (Fsp3) is 0.222. The first kappa shape index (κ1) is 18.0. The minimum Gasteiger partial charge on any atom is -0.384 e. The molecule has 2 aromatic rings. The Labute approximate surface area is 145 Å². The number of aryl methyl sites for hydroxylation is 1. The summed E-state index contributed by atoms with van der Waals surface area (Å²) in [5.41, 5.74) is 0.527. The number of hydrogen-bond acceptors (Lipinski definition) is 3. The van der Waals surface area contributed by atoms with Gasteiger partial charge in [0.1, 0.15) is 5.60 Å². The van der Waals surface area contributed by atoms with E-state index in [1.54, 1.807) is 56.3 Å². The van der Waals surface area contributed by atoms with Gasteiger partial charge in [-0.05, 0) is 31.0 Å². The van der Waals surface area contributed by atoms with Gasteiger partial charge in [-0.1, -0.05) is 54.1 Å². The van der Waals surface area contributed by atoms with E-state index in [4.69, 9.17) is 11.6 Å². The number of nitrogens with one attached hydrogen (secondary N) is 2. The molecule has 126 valence electrons. The normalized spacial score (nSPS) is 13.0. The molecule has 6 heteroatoms. The van der Waals surface area contributed by atoms with Crippen molar-refractivity contribution in [2.75, 3.05) is 11.9 Å². The summed E-state index contributed by atoms with van der Waals surface area (Å²) < 4.78 is 0. The van der Waals surface area contributed by atoms with E-state index in [1.807, 2.05) is 6.07 Å². The number of hydrogen-bond donors (Lipinski definition) is 3. The summed E-state index contributed by atoms with van der Waals surface area (Å²) in [6.45, 7) is 3.28. The molecule has 0 saturated heterocycles. The second-order valence-electron chi connectivity index (χ2n) is 5.71. The Morgan fingerprint density at radius 1 is 1.08 bits per heavy atom. The Morgan fingerprint density at radius 2 is 1.75 bits per heavy atom. The molecule has 0 bridgehead atoms. The van der Waals surface area contributed by atoms with Crippen LogP contribution < -0.4 is 10.6 Å². The zero-order valence-electron chi connectivity index (χ0n) is 13.5. The molecule has 2 rings (SSSR count). The van der Waals surface area contributed by atoms with Crippen LogP contribution in [0.25, 0.3) is 0 Å². The number of halogens is 1. The number of rotatable bonds is 4. The van der Waals surface area contributed by atoms with Crippen LogP contribution in [-0.4, -0.2) is 23.5 Å². The van der Waals surface area contributed by atoms with Gasteiger partial charge in [0, 0.05) is 0 Å². The van der Waals surface area contributed by atoms with Gasteiger partial charge in [-0.3, -0.25) is 9.59 Å². The van der Waals surface area contributed by atoms with Crippen molar-refractivity contribution in [2.24, 2.45) is 0 Å². The molecule has 0 spiro atoms. The smallest absolute Gasteiger partial charge is 0.313 e. The van der Waals surface area contributed by atoms with Gasteiger partial charge in [0.25, 0.3) is 0 Å². The highest BCUT2D eigenvalue weighted by Crippen LogP contribution is 2.25. The first-order chi connectivity index (χ1) is 11.3. The van der Waals surface area contributed by atoms with Gasteiger partial charge in [0.05, 0.1) is 17.3 Å². The molecule has 0 fully saturated rings. The Bertz CT molecular complexity index is 745. The lowest BCUT2D eigenvalue weighted by Gasteiger charge is -2.24. The second kappa shape index (κ2) is 7.47. The number of amides is 2. The van der Waals surface area contributed by atoms with Gasteiger partial charge >= 0.3 is 11.8 Å². The average Bonchev–Trinajstić information content (AvgIpc) is 2.57. The predicted molar refractivity (Wildman–Crippen MR) is 93.8 cm³/mol. The Balaban J connectivity index is 1.97. The van der Waals surface area contributed by atoms with Crippen LogP contribution in [0.15, 0.2) is 48.5 Å². The molecule has 0 aliphatic heterocycles. The molecule has 2 amide bonds. The van der Waals surface area contributed by atoms with E-state index in [1.165, 1.54) is 0 Å². The van der Waals surface area contributed by atoms with Gasteiger partial charge in [-0.25, -0.2) is 0 Å². The fourth-order valence-corrected chi connectivity index (χ4v) is 2.33. The standard InChI is InChI=1S/C18H19ClN2O3/c1-12-7-6-10-14(15(12)19)21-17(23)16(22)20-11-18(2,24)13-8-4-3-5-9-13/h3-10,24H,11H2,1-2H3,(H,20,22)(H,21,23). The van der Waals surface area contributed by atoms with E-state index in [-0.39, 0.29) is 6.54 Å². The maximum absolute atomic E-state index is 12.0. The van der Waals surface area contributed by atoms with E-state index >= 15 is 0 Å². The topological polar surface area (TPSA) is 78.4 Å². The largest absolute Gasteiger partial charge is 0.384 e. The number of carbonyl (C=O) groups is 2. The molecule has 3 N–H and O–H groups in total. The monoisotopic (exact) mass is 346 g/mol.